The summed E-state index contributed by atoms with van der Waals surface area (Å²) in [4.78, 5) is 23.2. The molecule has 0 aliphatic carbocycles. The van der Waals surface area contributed by atoms with Gasteiger partial charge in [0.05, 0.1) is 5.39 Å². The maximum absolute atomic E-state index is 12.2. The summed E-state index contributed by atoms with van der Waals surface area (Å²) in [5.74, 6) is 0.192. The number of fused-ring (bicyclic) bond motifs is 2. The van der Waals surface area contributed by atoms with E-state index in [0.29, 0.717) is 16.6 Å². The van der Waals surface area contributed by atoms with Crippen molar-refractivity contribution in [3.63, 3.8) is 0 Å². The normalized spacial score (nSPS) is 12.6. The van der Waals surface area contributed by atoms with E-state index in [-0.39, 0.29) is 11.4 Å². The minimum atomic E-state index is -1.03. The van der Waals surface area contributed by atoms with Crippen molar-refractivity contribution >= 4 is 21.8 Å². The zero-order valence-corrected chi connectivity index (χ0v) is 12.1. The summed E-state index contributed by atoms with van der Waals surface area (Å²) in [6.07, 6.45) is 0.545. The molecule has 0 radical (unpaired) electrons. The van der Waals surface area contributed by atoms with E-state index in [9.17, 15) is 9.90 Å². The molecule has 4 aromatic rings. The highest BCUT2D eigenvalue weighted by Gasteiger charge is 2.17. The number of hydrogen-bond donors (Lipinski definition) is 2. The molecule has 112 valence electrons. The number of pyridine rings is 1. The van der Waals surface area contributed by atoms with Crippen molar-refractivity contribution in [3.05, 3.63) is 82.5 Å². The number of aromatic amines is 1. The van der Waals surface area contributed by atoms with E-state index in [1.54, 1.807) is 18.3 Å². The highest BCUT2D eigenvalue weighted by Crippen LogP contribution is 2.27. The number of aromatic nitrogens is 3. The van der Waals surface area contributed by atoms with Crippen LogP contribution in [0.3, 0.4) is 0 Å². The number of hydrogen-bond acceptors (Lipinski definition) is 4. The van der Waals surface area contributed by atoms with Gasteiger partial charge in [0.15, 0.2) is 5.65 Å². The lowest BCUT2D eigenvalue weighted by Gasteiger charge is -2.13. The molecule has 0 aliphatic heterocycles. The predicted octanol–water partition coefficient (Wildman–Crippen LogP) is 2.55. The molecule has 0 bridgehead atoms. The van der Waals surface area contributed by atoms with Crippen LogP contribution < -0.4 is 5.56 Å². The summed E-state index contributed by atoms with van der Waals surface area (Å²) in [6, 6.07) is 16.8. The number of aliphatic hydroxyl groups excluding tert-OH is 1. The topological polar surface area (TPSA) is 78.9 Å². The van der Waals surface area contributed by atoms with Crippen molar-refractivity contribution in [2.24, 2.45) is 0 Å². The third-order valence-corrected chi connectivity index (χ3v) is 3.88. The van der Waals surface area contributed by atoms with Crippen LogP contribution in [-0.2, 0) is 0 Å². The van der Waals surface area contributed by atoms with Crippen LogP contribution in [0.2, 0.25) is 0 Å². The molecule has 0 saturated heterocycles. The van der Waals surface area contributed by atoms with E-state index < -0.39 is 6.10 Å². The van der Waals surface area contributed by atoms with Gasteiger partial charge in [-0.3, -0.25) is 4.79 Å². The van der Waals surface area contributed by atoms with Crippen LogP contribution in [0.15, 0.2) is 65.6 Å². The predicted molar refractivity (Wildman–Crippen MR) is 88.2 cm³/mol. The van der Waals surface area contributed by atoms with Gasteiger partial charge in [-0.05, 0) is 28.5 Å². The molecular formula is C18H13N3O2. The molecule has 1 atom stereocenters. The maximum Gasteiger partial charge on any atom is 0.260 e. The third kappa shape index (κ3) is 2.27. The summed E-state index contributed by atoms with van der Waals surface area (Å²) in [5.41, 5.74) is 0.712. The Kier molecular flexibility index (Phi) is 3.13. The molecule has 4 rings (SSSR count). The molecule has 23 heavy (non-hydrogen) atoms. The smallest absolute Gasteiger partial charge is 0.260 e. The molecule has 1 unspecified atom stereocenters. The van der Waals surface area contributed by atoms with Crippen molar-refractivity contribution in [1.29, 1.82) is 0 Å². The molecule has 0 aliphatic rings. The quantitative estimate of drug-likeness (QED) is 0.596. The van der Waals surface area contributed by atoms with Crippen LogP contribution in [-0.4, -0.2) is 20.1 Å². The van der Waals surface area contributed by atoms with Crippen molar-refractivity contribution in [3.8, 4) is 0 Å². The summed E-state index contributed by atoms with van der Waals surface area (Å²) >= 11 is 0. The van der Waals surface area contributed by atoms with Gasteiger partial charge in [0.1, 0.15) is 11.9 Å². The van der Waals surface area contributed by atoms with Crippen molar-refractivity contribution in [2.45, 2.75) is 6.10 Å². The Morgan fingerprint density at radius 2 is 1.74 bits per heavy atom. The van der Waals surface area contributed by atoms with E-state index in [2.05, 4.69) is 15.0 Å². The van der Waals surface area contributed by atoms with E-state index >= 15 is 0 Å². The highest BCUT2D eigenvalue weighted by molar-refractivity contribution is 5.86. The zero-order chi connectivity index (χ0) is 15.8. The van der Waals surface area contributed by atoms with Gasteiger partial charge >= 0.3 is 0 Å². The largest absolute Gasteiger partial charge is 0.380 e. The number of nitrogens with one attached hydrogen (secondary N) is 1. The van der Waals surface area contributed by atoms with Gasteiger partial charge in [-0.2, -0.15) is 0 Å². The van der Waals surface area contributed by atoms with Crippen LogP contribution >= 0.6 is 0 Å². The Morgan fingerprint density at radius 3 is 2.65 bits per heavy atom. The monoisotopic (exact) mass is 303 g/mol. The van der Waals surface area contributed by atoms with Gasteiger partial charge in [0.25, 0.3) is 5.56 Å². The molecule has 5 heteroatoms. The SMILES string of the molecule is O=c1[nH]c(C(O)c2cccc3ccccc23)nc2ncccc12. The van der Waals surface area contributed by atoms with Gasteiger partial charge in [-0.15, -0.1) is 0 Å². The number of nitrogens with zero attached hydrogens (tertiary/aromatic N) is 2. The fourth-order valence-electron chi connectivity index (χ4n) is 2.75. The number of H-pyrrole nitrogens is 1. The Hall–Kier alpha value is -3.05. The van der Waals surface area contributed by atoms with Crippen molar-refractivity contribution in [1.82, 2.24) is 15.0 Å². The molecule has 0 saturated carbocycles. The van der Waals surface area contributed by atoms with Gasteiger partial charge in [-0.25, -0.2) is 9.97 Å². The van der Waals surface area contributed by atoms with Gasteiger partial charge in [0.2, 0.25) is 0 Å². The minimum absolute atomic E-state index is 0.192. The highest BCUT2D eigenvalue weighted by atomic mass is 16.3. The van der Waals surface area contributed by atoms with E-state index in [0.717, 1.165) is 10.8 Å². The number of rotatable bonds is 2. The molecule has 2 N–H and O–H groups in total. The third-order valence-electron chi connectivity index (χ3n) is 3.88. The second-order valence-corrected chi connectivity index (χ2v) is 5.30. The summed E-state index contributed by atoms with van der Waals surface area (Å²) in [6.45, 7) is 0. The molecule has 2 aromatic carbocycles. The van der Waals surface area contributed by atoms with E-state index in [4.69, 9.17) is 0 Å². The summed E-state index contributed by atoms with van der Waals surface area (Å²) in [7, 11) is 0. The molecule has 2 heterocycles. The van der Waals surface area contributed by atoms with Gasteiger partial charge < -0.3 is 10.1 Å². The Bertz CT molecular complexity index is 1070. The second kappa shape index (κ2) is 5.30. The molecule has 2 aromatic heterocycles. The standard InChI is InChI=1S/C18H13N3O2/c22-15(13-8-3-6-11-5-1-2-7-12(11)13)17-20-16-14(18(23)21-17)9-4-10-19-16/h1-10,15,22H,(H,19,20,21,23). The molecule has 0 fully saturated rings. The number of benzene rings is 2. The number of aliphatic hydroxyl groups is 1. The zero-order valence-electron chi connectivity index (χ0n) is 12.1. The lowest BCUT2D eigenvalue weighted by molar-refractivity contribution is 0.211. The molecule has 0 spiro atoms. The first-order valence-corrected chi connectivity index (χ1v) is 7.25. The van der Waals surface area contributed by atoms with Gasteiger partial charge in [-0.1, -0.05) is 42.5 Å². The first-order chi connectivity index (χ1) is 11.2. The fraction of sp³-hybridized carbons (Fsp3) is 0.0556. The van der Waals surface area contributed by atoms with E-state index in [1.165, 1.54) is 0 Å². The average molecular weight is 303 g/mol. The molecule has 0 amide bonds. The second-order valence-electron chi connectivity index (χ2n) is 5.30. The van der Waals surface area contributed by atoms with Crippen molar-refractivity contribution in [2.75, 3.05) is 0 Å². The van der Waals surface area contributed by atoms with Crippen LogP contribution in [0.4, 0.5) is 0 Å². The first-order valence-electron chi connectivity index (χ1n) is 7.25. The van der Waals surface area contributed by atoms with E-state index in [1.807, 2.05) is 42.5 Å². The summed E-state index contributed by atoms with van der Waals surface area (Å²) in [5, 5.41) is 13.1. The Morgan fingerprint density at radius 1 is 0.957 bits per heavy atom. The van der Waals surface area contributed by atoms with Crippen LogP contribution in [0, 0.1) is 0 Å². The van der Waals surface area contributed by atoms with Gasteiger partial charge in [0, 0.05) is 6.20 Å². The van der Waals surface area contributed by atoms with Crippen molar-refractivity contribution < 1.29 is 5.11 Å². The maximum atomic E-state index is 12.2. The fourth-order valence-corrected chi connectivity index (χ4v) is 2.75. The lowest BCUT2D eigenvalue weighted by atomic mass is 10.00. The lowest BCUT2D eigenvalue weighted by Crippen LogP contribution is -2.16. The Balaban J connectivity index is 1.91. The first kappa shape index (κ1) is 13.6. The molecular weight excluding hydrogens is 290 g/mol. The Labute approximate surface area is 131 Å². The molecule has 5 nitrogen and oxygen atoms in total. The van der Waals surface area contributed by atoms with Crippen LogP contribution in [0.5, 0.6) is 0 Å². The summed E-state index contributed by atoms with van der Waals surface area (Å²) < 4.78 is 0. The van der Waals surface area contributed by atoms with Crippen LogP contribution in [0.25, 0.3) is 21.8 Å². The van der Waals surface area contributed by atoms with Crippen LogP contribution in [0.1, 0.15) is 17.5 Å². The minimum Gasteiger partial charge on any atom is -0.380 e. The average Bonchev–Trinajstić information content (AvgIpc) is 2.60.